The highest BCUT2D eigenvalue weighted by Crippen LogP contribution is 2.32. The van der Waals surface area contributed by atoms with Gasteiger partial charge in [-0.15, -0.1) is 0 Å². The van der Waals surface area contributed by atoms with Crippen LogP contribution in [0.15, 0.2) is 4.40 Å². The maximum Gasteiger partial charge on any atom is 0.410 e. The van der Waals surface area contributed by atoms with E-state index in [2.05, 4.69) is 4.40 Å². The van der Waals surface area contributed by atoms with Crippen molar-refractivity contribution in [3.8, 4) is 0 Å². The van der Waals surface area contributed by atoms with Gasteiger partial charge in [-0.1, -0.05) is 4.40 Å². The van der Waals surface area contributed by atoms with Crippen LogP contribution >= 0.6 is 0 Å². The fourth-order valence-electron chi connectivity index (χ4n) is 1.93. The van der Waals surface area contributed by atoms with Crippen molar-refractivity contribution in [2.45, 2.75) is 76.7 Å². The van der Waals surface area contributed by atoms with Crippen LogP contribution in [0.2, 0.25) is 0 Å². The molecule has 0 aromatic carbocycles. The first-order valence-electron chi connectivity index (χ1n) is 7.55. The molecule has 8 heteroatoms. The van der Waals surface area contributed by atoms with Gasteiger partial charge in [0.1, 0.15) is 21.7 Å². The minimum atomic E-state index is -2.88. The van der Waals surface area contributed by atoms with Crippen molar-refractivity contribution in [2.75, 3.05) is 6.54 Å². The number of hydrogen-bond acceptors (Lipinski definition) is 4. The average molecular weight is 352 g/mol. The largest absolute Gasteiger partial charge is 0.591 e. The Kier molecular flexibility index (Phi) is 6.07. The number of ether oxygens (including phenoxy) is 1. The van der Waals surface area contributed by atoms with Crippen LogP contribution in [0.4, 0.5) is 13.6 Å². The van der Waals surface area contributed by atoms with Gasteiger partial charge in [0, 0.05) is 19.4 Å². The number of likely N-dealkylation sites (tertiary alicyclic amines) is 1. The molecule has 0 saturated carbocycles. The molecule has 1 heterocycles. The third-order valence-corrected chi connectivity index (χ3v) is 4.47. The number of piperidine rings is 1. The van der Waals surface area contributed by atoms with E-state index in [4.69, 9.17) is 4.74 Å². The Morgan fingerprint density at radius 3 is 2.39 bits per heavy atom. The van der Waals surface area contributed by atoms with E-state index in [0.717, 1.165) is 0 Å². The Morgan fingerprint density at radius 2 is 1.91 bits per heavy atom. The molecule has 0 radical (unpaired) electrons. The van der Waals surface area contributed by atoms with Crippen molar-refractivity contribution in [1.82, 2.24) is 4.90 Å². The number of nitrogens with zero attached hydrogens (tertiary/aromatic N) is 2. The lowest BCUT2D eigenvalue weighted by Crippen LogP contribution is -2.52. The van der Waals surface area contributed by atoms with E-state index in [0.29, 0.717) is 0 Å². The van der Waals surface area contributed by atoms with E-state index in [-0.39, 0.29) is 6.54 Å². The highest BCUT2D eigenvalue weighted by molar-refractivity contribution is 7.91. The Hall–Kier alpha value is -0.890. The van der Waals surface area contributed by atoms with E-state index in [1.54, 1.807) is 41.5 Å². The highest BCUT2D eigenvalue weighted by atomic mass is 32.2. The summed E-state index contributed by atoms with van der Waals surface area (Å²) in [5.41, 5.74) is -0.715. The topological polar surface area (TPSA) is 65.0 Å². The van der Waals surface area contributed by atoms with Crippen LogP contribution in [-0.2, 0) is 16.1 Å². The molecule has 1 aliphatic heterocycles. The van der Waals surface area contributed by atoms with Gasteiger partial charge in [0.15, 0.2) is 0 Å². The minimum Gasteiger partial charge on any atom is -0.591 e. The van der Waals surface area contributed by atoms with E-state index in [1.807, 2.05) is 0 Å². The van der Waals surface area contributed by atoms with E-state index < -0.39 is 52.6 Å². The van der Waals surface area contributed by atoms with Gasteiger partial charge in [-0.3, -0.25) is 4.90 Å². The molecule has 0 spiro atoms. The zero-order chi connectivity index (χ0) is 18.1. The maximum absolute atomic E-state index is 13.7. The zero-order valence-corrected chi connectivity index (χ0v) is 15.4. The summed E-state index contributed by atoms with van der Waals surface area (Å²) < 4.78 is 47.8. The van der Waals surface area contributed by atoms with Crippen LogP contribution < -0.4 is 0 Å². The first-order chi connectivity index (χ1) is 10.2. The lowest BCUT2D eigenvalue weighted by Gasteiger charge is -2.37. The van der Waals surface area contributed by atoms with Gasteiger partial charge in [0.05, 0.1) is 12.3 Å². The molecule has 0 aliphatic carbocycles. The molecule has 134 valence electrons. The molecule has 5 nitrogen and oxygen atoms in total. The maximum atomic E-state index is 13.7. The first-order valence-corrected chi connectivity index (χ1v) is 8.66. The summed E-state index contributed by atoms with van der Waals surface area (Å²) in [4.78, 5) is 13.4. The number of halogens is 2. The lowest BCUT2D eigenvalue weighted by molar-refractivity contribution is -0.0676. The molecule has 23 heavy (non-hydrogen) atoms. The van der Waals surface area contributed by atoms with Gasteiger partial charge in [0.2, 0.25) is 0 Å². The Morgan fingerprint density at radius 1 is 1.35 bits per heavy atom. The molecule has 1 unspecified atom stereocenters. The molecule has 0 bridgehead atoms. The summed E-state index contributed by atoms with van der Waals surface area (Å²) >= 11 is -1.57. The fourth-order valence-corrected chi connectivity index (χ4v) is 2.50. The molecular weight excluding hydrogens is 326 g/mol. The zero-order valence-electron chi connectivity index (χ0n) is 14.6. The number of rotatable bonds is 2. The van der Waals surface area contributed by atoms with Gasteiger partial charge < -0.3 is 9.29 Å². The second-order valence-corrected chi connectivity index (χ2v) is 9.60. The van der Waals surface area contributed by atoms with E-state index in [1.165, 1.54) is 11.1 Å². The second-order valence-electron chi connectivity index (χ2n) is 7.67. The van der Waals surface area contributed by atoms with Crippen molar-refractivity contribution in [3.05, 3.63) is 0 Å². The summed E-state index contributed by atoms with van der Waals surface area (Å²) in [5.74, 6) is -2.88. The number of carbonyl (C=O) groups excluding carboxylic acids is 1. The first kappa shape index (κ1) is 20.2. The minimum absolute atomic E-state index is 0.124. The Labute approximate surface area is 139 Å². The van der Waals surface area contributed by atoms with E-state index >= 15 is 0 Å². The van der Waals surface area contributed by atoms with Crippen molar-refractivity contribution in [2.24, 2.45) is 4.40 Å². The molecule has 0 aromatic heterocycles. The molecule has 0 N–H and O–H groups in total. The van der Waals surface area contributed by atoms with Gasteiger partial charge >= 0.3 is 6.09 Å². The van der Waals surface area contributed by atoms with Crippen LogP contribution in [0, 0.1) is 0 Å². The van der Waals surface area contributed by atoms with Crippen LogP contribution in [0.25, 0.3) is 0 Å². The molecule has 1 aliphatic rings. The van der Waals surface area contributed by atoms with Crippen molar-refractivity contribution in [1.29, 1.82) is 0 Å². The predicted octanol–water partition coefficient (Wildman–Crippen LogP) is 3.55. The molecular formula is C15H26F2N2O3S. The summed E-state index contributed by atoms with van der Waals surface area (Å²) in [6.45, 7) is 10.2. The van der Waals surface area contributed by atoms with Gasteiger partial charge in [0.25, 0.3) is 5.92 Å². The highest BCUT2D eigenvalue weighted by Gasteiger charge is 2.43. The number of carbonyl (C=O) groups is 1. The molecule has 1 fully saturated rings. The van der Waals surface area contributed by atoms with Gasteiger partial charge in [-0.2, -0.15) is 0 Å². The van der Waals surface area contributed by atoms with Crippen molar-refractivity contribution in [3.63, 3.8) is 0 Å². The van der Waals surface area contributed by atoms with E-state index in [9.17, 15) is 18.1 Å². The molecule has 0 aromatic rings. The standard InChI is InChI=1S/C15H26F2N2O3S/c1-13(2,3)22-12(20)19-8-7-15(16,17)9-11(19)10-18-23(21)14(4,5)6/h10-11H,7-9H2,1-6H3/t11-,23?/m1/s1. The average Bonchev–Trinajstić information content (AvgIpc) is 2.31. The van der Waals surface area contributed by atoms with Crippen LogP contribution in [0.3, 0.4) is 0 Å². The molecule has 2 atom stereocenters. The van der Waals surface area contributed by atoms with Gasteiger partial charge in [-0.05, 0) is 41.5 Å². The van der Waals surface area contributed by atoms with Crippen LogP contribution in [0.1, 0.15) is 54.4 Å². The molecule has 1 saturated heterocycles. The normalized spacial score (nSPS) is 23.9. The fraction of sp³-hybridized carbons (Fsp3) is 0.867. The van der Waals surface area contributed by atoms with Crippen LogP contribution in [-0.4, -0.2) is 50.6 Å². The third kappa shape index (κ3) is 6.63. The van der Waals surface area contributed by atoms with Gasteiger partial charge in [-0.25, -0.2) is 13.6 Å². The lowest BCUT2D eigenvalue weighted by atomic mass is 10.00. The molecule has 1 rings (SSSR count). The monoisotopic (exact) mass is 352 g/mol. The van der Waals surface area contributed by atoms with Crippen molar-refractivity contribution < 1.29 is 22.9 Å². The summed E-state index contributed by atoms with van der Waals surface area (Å²) in [6, 6.07) is -0.931. The second kappa shape index (κ2) is 6.93. The summed E-state index contributed by atoms with van der Waals surface area (Å²) in [6.07, 6.45) is -0.431. The Bertz CT molecular complexity index is 459. The predicted molar refractivity (Wildman–Crippen MR) is 87.3 cm³/mol. The van der Waals surface area contributed by atoms with Crippen molar-refractivity contribution >= 4 is 23.7 Å². The Balaban J connectivity index is 2.91. The number of amides is 1. The van der Waals surface area contributed by atoms with Crippen LogP contribution in [0.5, 0.6) is 0 Å². The number of alkyl halides is 2. The summed E-state index contributed by atoms with van der Waals surface area (Å²) in [5, 5.41) is 0. The smallest absolute Gasteiger partial charge is 0.410 e. The summed E-state index contributed by atoms with van der Waals surface area (Å²) in [7, 11) is 0. The SMILES string of the molecule is CC(C)(C)OC(=O)N1CCC(F)(F)C[C@@H]1C=N[S+]([O-])C(C)(C)C. The third-order valence-electron chi connectivity index (χ3n) is 3.11. The quantitative estimate of drug-likeness (QED) is 0.564. The molecule has 1 amide bonds. The number of hydrogen-bond donors (Lipinski definition) is 0.